The first-order valence-electron chi connectivity index (χ1n) is 7.01. The van der Waals surface area contributed by atoms with Crippen molar-refractivity contribution in [1.82, 2.24) is 9.55 Å². The van der Waals surface area contributed by atoms with Crippen LogP contribution in [0, 0.1) is 11.3 Å². The van der Waals surface area contributed by atoms with Gasteiger partial charge in [0, 0.05) is 24.2 Å². The molecule has 0 radical (unpaired) electrons. The number of nitrogens with zero attached hydrogens (tertiary/aromatic N) is 3. The summed E-state index contributed by atoms with van der Waals surface area (Å²) in [5.41, 5.74) is 4.04. The number of aryl methyl sites for hydroxylation is 1. The van der Waals surface area contributed by atoms with Crippen molar-refractivity contribution in [2.75, 3.05) is 5.32 Å². The maximum atomic E-state index is 11.5. The van der Waals surface area contributed by atoms with Gasteiger partial charge in [-0.15, -0.1) is 0 Å². The topological polar surface area (TPSA) is 70.7 Å². The summed E-state index contributed by atoms with van der Waals surface area (Å²) in [5.74, 6) is -0.276. The van der Waals surface area contributed by atoms with Crippen LogP contribution in [0.25, 0.3) is 22.2 Å². The van der Waals surface area contributed by atoms with E-state index in [1.807, 2.05) is 36.0 Å². The van der Waals surface area contributed by atoms with E-state index in [2.05, 4.69) is 22.9 Å². The van der Waals surface area contributed by atoms with Crippen molar-refractivity contribution in [3.05, 3.63) is 60.9 Å². The van der Waals surface area contributed by atoms with Gasteiger partial charge in [-0.2, -0.15) is 5.26 Å². The van der Waals surface area contributed by atoms with Gasteiger partial charge in [-0.05, 0) is 29.8 Å². The zero-order chi connectivity index (χ0) is 16.4. The smallest absolute Gasteiger partial charge is 0.247 e. The molecular formula is C18H14N4O. The molecule has 2 aromatic heterocycles. The molecule has 0 fully saturated rings. The van der Waals surface area contributed by atoms with Gasteiger partial charge in [0.05, 0.1) is 23.5 Å². The van der Waals surface area contributed by atoms with Crippen LogP contribution in [0.15, 0.2) is 55.4 Å². The number of amides is 1. The van der Waals surface area contributed by atoms with E-state index in [0.717, 1.165) is 22.2 Å². The summed E-state index contributed by atoms with van der Waals surface area (Å²) in [6.45, 7) is 3.44. The number of nitrogens with one attached hydrogen (secondary N) is 1. The lowest BCUT2D eigenvalue weighted by Gasteiger charge is -2.04. The average Bonchev–Trinajstić information content (AvgIpc) is 2.91. The molecule has 23 heavy (non-hydrogen) atoms. The lowest BCUT2D eigenvalue weighted by molar-refractivity contribution is -0.111. The molecule has 2 heterocycles. The van der Waals surface area contributed by atoms with E-state index < -0.39 is 0 Å². The fourth-order valence-electron chi connectivity index (χ4n) is 2.48. The van der Waals surface area contributed by atoms with Crippen molar-refractivity contribution in [2.45, 2.75) is 0 Å². The van der Waals surface area contributed by atoms with E-state index in [9.17, 15) is 4.79 Å². The monoisotopic (exact) mass is 302 g/mol. The molecule has 0 saturated carbocycles. The van der Waals surface area contributed by atoms with E-state index in [1.54, 1.807) is 18.3 Å². The highest BCUT2D eigenvalue weighted by Gasteiger charge is 2.11. The van der Waals surface area contributed by atoms with Crippen molar-refractivity contribution < 1.29 is 4.79 Å². The molecular weight excluding hydrogens is 288 g/mol. The number of carbonyl (C=O) groups is 1. The SMILES string of the molecule is C=CC(=O)Nc1cnc2c(c1)c(-c1ccc(C#N)cc1)cn2C. The van der Waals surface area contributed by atoms with Crippen LogP contribution in [0.2, 0.25) is 0 Å². The largest absolute Gasteiger partial charge is 0.335 e. The Morgan fingerprint density at radius 1 is 1.39 bits per heavy atom. The van der Waals surface area contributed by atoms with Gasteiger partial charge in [0.2, 0.25) is 5.91 Å². The Hall–Kier alpha value is -3.39. The highest BCUT2D eigenvalue weighted by atomic mass is 16.1. The maximum absolute atomic E-state index is 11.5. The molecule has 0 saturated heterocycles. The third-order valence-corrected chi connectivity index (χ3v) is 3.59. The standard InChI is InChI=1S/C18H14N4O/c1-3-17(23)21-14-8-15-16(11-22(2)18(15)20-10-14)13-6-4-12(9-19)5-7-13/h3-8,10-11H,1H2,2H3,(H,21,23). The van der Waals surface area contributed by atoms with Crippen LogP contribution < -0.4 is 5.32 Å². The molecule has 0 aliphatic rings. The van der Waals surface area contributed by atoms with Crippen LogP contribution in [-0.4, -0.2) is 15.5 Å². The number of hydrogen-bond donors (Lipinski definition) is 1. The second-order valence-electron chi connectivity index (χ2n) is 5.13. The Morgan fingerprint density at radius 2 is 2.13 bits per heavy atom. The second-order valence-corrected chi connectivity index (χ2v) is 5.13. The van der Waals surface area contributed by atoms with E-state index in [-0.39, 0.29) is 5.91 Å². The Morgan fingerprint density at radius 3 is 2.78 bits per heavy atom. The Labute approximate surface area is 133 Å². The van der Waals surface area contributed by atoms with E-state index in [0.29, 0.717) is 11.3 Å². The fourth-order valence-corrected chi connectivity index (χ4v) is 2.48. The van der Waals surface area contributed by atoms with Crippen LogP contribution >= 0.6 is 0 Å². The van der Waals surface area contributed by atoms with Gasteiger partial charge in [0.25, 0.3) is 0 Å². The first-order chi connectivity index (χ1) is 11.1. The number of aromatic nitrogens is 2. The summed E-state index contributed by atoms with van der Waals surface area (Å²) < 4.78 is 1.93. The highest BCUT2D eigenvalue weighted by Crippen LogP contribution is 2.31. The molecule has 0 spiro atoms. The van der Waals surface area contributed by atoms with Crippen LogP contribution in [-0.2, 0) is 11.8 Å². The number of rotatable bonds is 3. The lowest BCUT2D eigenvalue weighted by Crippen LogP contribution is -2.07. The van der Waals surface area contributed by atoms with Gasteiger partial charge in [-0.1, -0.05) is 18.7 Å². The van der Waals surface area contributed by atoms with Gasteiger partial charge < -0.3 is 9.88 Å². The minimum Gasteiger partial charge on any atom is -0.335 e. The number of nitriles is 1. The predicted octanol–water partition coefficient (Wildman–Crippen LogP) is 3.24. The van der Waals surface area contributed by atoms with Crippen LogP contribution in [0.4, 0.5) is 5.69 Å². The highest BCUT2D eigenvalue weighted by molar-refractivity contribution is 6.01. The molecule has 3 rings (SSSR count). The van der Waals surface area contributed by atoms with E-state index >= 15 is 0 Å². The maximum Gasteiger partial charge on any atom is 0.247 e. The predicted molar refractivity (Wildman–Crippen MR) is 89.7 cm³/mol. The molecule has 0 aliphatic carbocycles. The molecule has 0 bridgehead atoms. The molecule has 112 valence electrons. The number of benzene rings is 1. The van der Waals surface area contributed by atoms with Gasteiger partial charge in [0.15, 0.2) is 0 Å². The Bertz CT molecular complexity index is 946. The van der Waals surface area contributed by atoms with Crippen molar-refractivity contribution in [3.63, 3.8) is 0 Å². The number of anilines is 1. The fraction of sp³-hybridized carbons (Fsp3) is 0.0556. The number of pyridine rings is 1. The van der Waals surface area contributed by atoms with Gasteiger partial charge in [-0.3, -0.25) is 4.79 Å². The molecule has 5 nitrogen and oxygen atoms in total. The summed E-state index contributed by atoms with van der Waals surface area (Å²) in [5, 5.41) is 12.6. The summed E-state index contributed by atoms with van der Waals surface area (Å²) in [6, 6.07) is 11.4. The zero-order valence-electron chi connectivity index (χ0n) is 12.6. The van der Waals surface area contributed by atoms with Crippen molar-refractivity contribution >= 4 is 22.6 Å². The van der Waals surface area contributed by atoms with Crippen LogP contribution in [0.1, 0.15) is 5.56 Å². The van der Waals surface area contributed by atoms with Gasteiger partial charge in [0.1, 0.15) is 5.65 Å². The normalized spacial score (nSPS) is 10.3. The number of hydrogen-bond acceptors (Lipinski definition) is 3. The molecule has 1 amide bonds. The van der Waals surface area contributed by atoms with E-state index in [4.69, 9.17) is 5.26 Å². The molecule has 3 aromatic rings. The summed E-state index contributed by atoms with van der Waals surface area (Å²) in [7, 11) is 1.92. The Balaban J connectivity index is 2.12. The molecule has 1 aromatic carbocycles. The third-order valence-electron chi connectivity index (χ3n) is 3.59. The van der Waals surface area contributed by atoms with Crippen LogP contribution in [0.3, 0.4) is 0 Å². The summed E-state index contributed by atoms with van der Waals surface area (Å²) in [4.78, 5) is 15.9. The number of fused-ring (bicyclic) bond motifs is 1. The Kier molecular flexibility index (Phi) is 3.65. The summed E-state index contributed by atoms with van der Waals surface area (Å²) in [6.07, 6.45) is 4.82. The van der Waals surface area contributed by atoms with Crippen molar-refractivity contribution in [1.29, 1.82) is 5.26 Å². The third kappa shape index (κ3) is 2.70. The number of carbonyl (C=O) groups excluding carboxylic acids is 1. The molecule has 5 heteroatoms. The van der Waals surface area contributed by atoms with E-state index in [1.165, 1.54) is 6.08 Å². The van der Waals surface area contributed by atoms with Crippen molar-refractivity contribution in [2.24, 2.45) is 7.05 Å². The molecule has 0 atom stereocenters. The second kappa shape index (κ2) is 5.78. The van der Waals surface area contributed by atoms with Crippen LogP contribution in [0.5, 0.6) is 0 Å². The van der Waals surface area contributed by atoms with Gasteiger partial charge in [-0.25, -0.2) is 4.98 Å². The molecule has 0 unspecified atom stereocenters. The minimum absolute atomic E-state index is 0.276. The quantitative estimate of drug-likeness (QED) is 0.755. The minimum atomic E-state index is -0.276. The summed E-state index contributed by atoms with van der Waals surface area (Å²) >= 11 is 0. The lowest BCUT2D eigenvalue weighted by atomic mass is 10.0. The first-order valence-corrected chi connectivity index (χ1v) is 7.01. The zero-order valence-corrected chi connectivity index (χ0v) is 12.6. The molecule has 0 aliphatic heterocycles. The first kappa shape index (κ1) is 14.5. The van der Waals surface area contributed by atoms with Crippen molar-refractivity contribution in [3.8, 4) is 17.2 Å². The molecule has 1 N–H and O–H groups in total. The van der Waals surface area contributed by atoms with Gasteiger partial charge >= 0.3 is 0 Å². The average molecular weight is 302 g/mol.